The maximum absolute atomic E-state index is 13.4. The van der Waals surface area contributed by atoms with Crippen LogP contribution in [0, 0.1) is 11.3 Å². The number of carbonyl (C=O) groups excluding carboxylic acids is 2. The second kappa shape index (κ2) is 9.22. The van der Waals surface area contributed by atoms with Gasteiger partial charge in [-0.2, -0.15) is 0 Å². The highest BCUT2D eigenvalue weighted by molar-refractivity contribution is 5.94. The van der Waals surface area contributed by atoms with E-state index >= 15 is 0 Å². The maximum Gasteiger partial charge on any atom is 0.251 e. The molecule has 184 valence electrons. The largest absolute Gasteiger partial charge is 0.454 e. The molecule has 2 amide bonds. The van der Waals surface area contributed by atoms with Crippen molar-refractivity contribution in [2.24, 2.45) is 11.3 Å². The summed E-state index contributed by atoms with van der Waals surface area (Å²) in [6.07, 6.45) is 0.318. The lowest BCUT2D eigenvalue weighted by atomic mass is 9.71. The maximum atomic E-state index is 13.4. The number of para-hydroxylation sites is 1. The molecule has 1 spiro atoms. The molecule has 3 aliphatic rings. The van der Waals surface area contributed by atoms with Crippen molar-refractivity contribution in [1.29, 1.82) is 0 Å². The smallest absolute Gasteiger partial charge is 0.251 e. The Hall–Kier alpha value is -4.00. The normalized spacial score (nSPS) is 19.3. The van der Waals surface area contributed by atoms with E-state index in [1.165, 1.54) is 5.69 Å². The van der Waals surface area contributed by atoms with Crippen LogP contribution in [0.5, 0.6) is 11.5 Å². The van der Waals surface area contributed by atoms with Crippen LogP contribution in [-0.4, -0.2) is 56.2 Å². The predicted octanol–water partition coefficient (Wildman–Crippen LogP) is 3.35. The molecular weight excluding hydrogens is 454 g/mol. The van der Waals surface area contributed by atoms with Crippen molar-refractivity contribution < 1.29 is 19.1 Å². The van der Waals surface area contributed by atoms with E-state index in [1.807, 2.05) is 71.6 Å². The first kappa shape index (κ1) is 22.5. The second-order valence-corrected chi connectivity index (χ2v) is 9.97. The van der Waals surface area contributed by atoms with Gasteiger partial charge in [0.05, 0.1) is 6.42 Å². The zero-order valence-corrected chi connectivity index (χ0v) is 20.1. The van der Waals surface area contributed by atoms with Crippen molar-refractivity contribution in [3.63, 3.8) is 0 Å². The Bertz CT molecular complexity index is 1260. The van der Waals surface area contributed by atoms with Gasteiger partial charge >= 0.3 is 0 Å². The number of benzene rings is 3. The van der Waals surface area contributed by atoms with Crippen LogP contribution in [0.25, 0.3) is 0 Å². The summed E-state index contributed by atoms with van der Waals surface area (Å²) in [5.74, 6) is 1.62. The molecular formula is C29H29N3O4. The Kier molecular flexibility index (Phi) is 5.76. The fourth-order valence-corrected chi connectivity index (χ4v) is 5.64. The summed E-state index contributed by atoms with van der Waals surface area (Å²) in [5, 5.41) is 3.13. The van der Waals surface area contributed by atoms with Gasteiger partial charge in [0.2, 0.25) is 12.7 Å². The van der Waals surface area contributed by atoms with Crippen molar-refractivity contribution in [2.75, 3.05) is 44.4 Å². The minimum absolute atomic E-state index is 0.0373. The molecule has 0 aromatic heterocycles. The summed E-state index contributed by atoms with van der Waals surface area (Å²) in [4.78, 5) is 30.4. The van der Waals surface area contributed by atoms with E-state index in [-0.39, 0.29) is 29.9 Å². The Labute approximate surface area is 210 Å². The highest BCUT2D eigenvalue weighted by atomic mass is 16.7. The van der Waals surface area contributed by atoms with E-state index in [1.54, 1.807) is 0 Å². The quantitative estimate of drug-likeness (QED) is 0.582. The minimum Gasteiger partial charge on any atom is -0.454 e. The first-order chi connectivity index (χ1) is 17.6. The third kappa shape index (κ3) is 4.26. The molecule has 6 rings (SSSR count). The zero-order valence-electron chi connectivity index (χ0n) is 20.1. The highest BCUT2D eigenvalue weighted by Crippen LogP contribution is 2.45. The van der Waals surface area contributed by atoms with E-state index < -0.39 is 0 Å². The van der Waals surface area contributed by atoms with Gasteiger partial charge in [-0.3, -0.25) is 9.59 Å². The molecule has 1 atom stereocenters. The average Bonchev–Trinajstić information content (AvgIpc) is 3.52. The second-order valence-electron chi connectivity index (χ2n) is 9.97. The van der Waals surface area contributed by atoms with E-state index in [0.29, 0.717) is 37.4 Å². The Morgan fingerprint density at radius 2 is 1.61 bits per heavy atom. The number of anilines is 1. The van der Waals surface area contributed by atoms with Crippen LogP contribution < -0.4 is 19.7 Å². The van der Waals surface area contributed by atoms with E-state index in [9.17, 15) is 9.59 Å². The van der Waals surface area contributed by atoms with Crippen molar-refractivity contribution in [1.82, 2.24) is 10.2 Å². The van der Waals surface area contributed by atoms with E-state index in [2.05, 4.69) is 22.3 Å². The molecule has 0 aliphatic carbocycles. The molecule has 7 heteroatoms. The summed E-state index contributed by atoms with van der Waals surface area (Å²) in [6, 6.07) is 25.3. The topological polar surface area (TPSA) is 71.1 Å². The molecule has 0 radical (unpaired) electrons. The number of fused-ring (bicyclic) bond motifs is 1. The minimum atomic E-state index is -0.0740. The Balaban J connectivity index is 1.15. The number of amides is 2. The summed E-state index contributed by atoms with van der Waals surface area (Å²) in [7, 11) is 0. The number of carbonyl (C=O) groups is 2. The predicted molar refractivity (Wildman–Crippen MR) is 136 cm³/mol. The third-order valence-corrected chi connectivity index (χ3v) is 7.64. The fraction of sp³-hybridized carbons (Fsp3) is 0.310. The highest BCUT2D eigenvalue weighted by Gasteiger charge is 2.55. The van der Waals surface area contributed by atoms with Crippen molar-refractivity contribution in [3.05, 3.63) is 90.0 Å². The van der Waals surface area contributed by atoms with E-state index in [4.69, 9.17) is 9.47 Å². The molecule has 2 saturated heterocycles. The first-order valence-corrected chi connectivity index (χ1v) is 12.4. The number of nitrogens with one attached hydrogen (secondary N) is 1. The van der Waals surface area contributed by atoms with Gasteiger partial charge in [-0.15, -0.1) is 0 Å². The molecule has 7 nitrogen and oxygen atoms in total. The molecule has 3 heterocycles. The molecule has 36 heavy (non-hydrogen) atoms. The van der Waals surface area contributed by atoms with Gasteiger partial charge in [0, 0.05) is 55.3 Å². The molecule has 3 aromatic rings. The first-order valence-electron chi connectivity index (χ1n) is 12.4. The molecule has 0 bridgehead atoms. The molecule has 1 unspecified atom stereocenters. The fourth-order valence-electron chi connectivity index (χ4n) is 5.64. The summed E-state index contributed by atoms with van der Waals surface area (Å²) < 4.78 is 10.9. The molecule has 2 fully saturated rings. The van der Waals surface area contributed by atoms with Gasteiger partial charge in [-0.25, -0.2) is 0 Å². The number of likely N-dealkylation sites (tertiary alicyclic amines) is 1. The van der Waals surface area contributed by atoms with Crippen LogP contribution in [0.1, 0.15) is 15.9 Å². The van der Waals surface area contributed by atoms with Crippen LogP contribution >= 0.6 is 0 Å². The Morgan fingerprint density at radius 1 is 0.889 bits per heavy atom. The van der Waals surface area contributed by atoms with Crippen LogP contribution in [0.2, 0.25) is 0 Å². The standard InChI is InChI=1S/C29H29N3O4/c33-27(14-21-11-12-25-26(13-21)36-20-35-25)31-16-23(15-30-28(34)22-7-3-1-4-8-22)29(17-31)18-32(19-29)24-9-5-2-6-10-24/h1-13,23H,14-20H2,(H,30,34). The van der Waals surface area contributed by atoms with Crippen molar-refractivity contribution >= 4 is 17.5 Å². The molecule has 3 aromatic carbocycles. The van der Waals surface area contributed by atoms with Crippen LogP contribution in [0.3, 0.4) is 0 Å². The number of rotatable bonds is 6. The monoisotopic (exact) mass is 483 g/mol. The molecule has 1 N–H and O–H groups in total. The van der Waals surface area contributed by atoms with Gasteiger partial charge in [0.15, 0.2) is 11.5 Å². The average molecular weight is 484 g/mol. The third-order valence-electron chi connectivity index (χ3n) is 7.64. The lowest BCUT2D eigenvalue weighted by Gasteiger charge is -2.52. The van der Waals surface area contributed by atoms with Crippen LogP contribution in [-0.2, 0) is 11.2 Å². The number of nitrogens with zero attached hydrogens (tertiary/aromatic N) is 2. The van der Waals surface area contributed by atoms with Crippen LogP contribution in [0.4, 0.5) is 5.69 Å². The van der Waals surface area contributed by atoms with Gasteiger partial charge in [-0.1, -0.05) is 42.5 Å². The van der Waals surface area contributed by atoms with Gasteiger partial charge in [-0.05, 0) is 42.0 Å². The van der Waals surface area contributed by atoms with Gasteiger partial charge in [0.1, 0.15) is 0 Å². The lowest BCUT2D eigenvalue weighted by Crippen LogP contribution is -2.62. The van der Waals surface area contributed by atoms with E-state index in [0.717, 1.165) is 24.4 Å². The summed E-state index contributed by atoms with van der Waals surface area (Å²) >= 11 is 0. The van der Waals surface area contributed by atoms with Crippen molar-refractivity contribution in [3.8, 4) is 11.5 Å². The molecule has 3 aliphatic heterocycles. The summed E-state index contributed by atoms with van der Waals surface area (Å²) in [5.41, 5.74) is 2.73. The number of hydrogen-bond acceptors (Lipinski definition) is 5. The van der Waals surface area contributed by atoms with Gasteiger partial charge in [0.25, 0.3) is 5.91 Å². The lowest BCUT2D eigenvalue weighted by molar-refractivity contribution is -0.130. The number of ether oxygens (including phenoxy) is 2. The van der Waals surface area contributed by atoms with Gasteiger partial charge < -0.3 is 24.6 Å². The Morgan fingerprint density at radius 3 is 2.39 bits per heavy atom. The molecule has 0 saturated carbocycles. The summed E-state index contributed by atoms with van der Waals surface area (Å²) in [6.45, 7) is 3.85. The SMILES string of the molecule is O=C(NCC1CN(C(=O)Cc2ccc3c(c2)OCO3)CC12CN(c1ccccc1)C2)c1ccccc1. The van der Waals surface area contributed by atoms with Crippen molar-refractivity contribution in [2.45, 2.75) is 6.42 Å². The number of hydrogen-bond donors (Lipinski definition) is 1. The zero-order chi connectivity index (χ0) is 24.5. The van der Waals surface area contributed by atoms with Crippen LogP contribution in [0.15, 0.2) is 78.9 Å².